The largest absolute Gasteiger partial charge is 0.493 e. The number of aromatic nitrogens is 2. The standard InChI is InChI=1S/C34H34BrN3O7S/c1-8-44-32(40)21-10-12-23(13-11-21)37-18(3)14-22(20(37)5)15-28-31(39)38-30(24-16-26(42-6)27(43-7)17-25(24)35)29(33(41)45-9-2)19(4)36-34(38)46-28/h10-17,30H,8-9H2,1-7H3/b28-15-/t30-/m0/s1. The van der Waals surface area contributed by atoms with Gasteiger partial charge >= 0.3 is 11.9 Å². The molecule has 1 aliphatic rings. The number of nitrogens with zero attached hydrogens (tertiary/aromatic N) is 3. The van der Waals surface area contributed by atoms with E-state index in [1.807, 2.05) is 38.1 Å². The van der Waals surface area contributed by atoms with E-state index in [9.17, 15) is 14.4 Å². The number of aryl methyl sites for hydroxylation is 1. The number of halogens is 1. The molecular weight excluding hydrogens is 674 g/mol. The van der Waals surface area contributed by atoms with E-state index in [2.05, 4.69) is 25.5 Å². The van der Waals surface area contributed by atoms with Gasteiger partial charge in [-0.3, -0.25) is 9.36 Å². The van der Waals surface area contributed by atoms with Gasteiger partial charge in [0.15, 0.2) is 16.3 Å². The van der Waals surface area contributed by atoms with Crippen LogP contribution in [0.1, 0.15) is 59.7 Å². The first-order chi connectivity index (χ1) is 22.0. The fraction of sp³-hybridized carbons (Fsp3) is 0.294. The van der Waals surface area contributed by atoms with Crippen molar-refractivity contribution in [2.45, 2.75) is 40.7 Å². The van der Waals surface area contributed by atoms with Gasteiger partial charge in [-0.1, -0.05) is 27.3 Å². The van der Waals surface area contributed by atoms with Crippen LogP contribution in [0.25, 0.3) is 11.8 Å². The number of rotatable bonds is 9. The molecule has 12 heteroatoms. The maximum absolute atomic E-state index is 14.2. The van der Waals surface area contributed by atoms with Crippen molar-refractivity contribution in [3.63, 3.8) is 0 Å². The van der Waals surface area contributed by atoms with Crippen molar-refractivity contribution < 1.29 is 28.5 Å². The minimum Gasteiger partial charge on any atom is -0.493 e. The molecule has 0 amide bonds. The van der Waals surface area contributed by atoms with Gasteiger partial charge < -0.3 is 23.5 Å². The first-order valence-electron chi connectivity index (χ1n) is 14.6. The summed E-state index contributed by atoms with van der Waals surface area (Å²) in [5.41, 5.74) is 5.10. The van der Waals surface area contributed by atoms with Gasteiger partial charge in [-0.05, 0) is 94.3 Å². The lowest BCUT2D eigenvalue weighted by Crippen LogP contribution is -2.40. The summed E-state index contributed by atoms with van der Waals surface area (Å²) < 4.78 is 26.3. The Morgan fingerprint density at radius 2 is 1.59 bits per heavy atom. The Labute approximate surface area is 278 Å². The van der Waals surface area contributed by atoms with Crippen molar-refractivity contribution in [2.75, 3.05) is 27.4 Å². The molecule has 3 heterocycles. The highest BCUT2D eigenvalue weighted by atomic mass is 79.9. The summed E-state index contributed by atoms with van der Waals surface area (Å²) in [6, 6.07) is 11.9. The Bertz CT molecular complexity index is 2060. The third-order valence-corrected chi connectivity index (χ3v) is 9.38. The number of methoxy groups -OCH3 is 2. The number of esters is 2. The molecule has 1 atom stereocenters. The van der Waals surface area contributed by atoms with E-state index in [0.717, 1.165) is 22.6 Å². The van der Waals surface area contributed by atoms with E-state index in [0.29, 0.717) is 48.7 Å². The summed E-state index contributed by atoms with van der Waals surface area (Å²) in [6.07, 6.45) is 1.85. The van der Waals surface area contributed by atoms with Gasteiger partial charge in [-0.25, -0.2) is 14.6 Å². The van der Waals surface area contributed by atoms with E-state index < -0.39 is 12.0 Å². The zero-order chi connectivity index (χ0) is 33.3. The Kier molecular flexibility index (Phi) is 9.68. The zero-order valence-corrected chi connectivity index (χ0v) is 29.0. The summed E-state index contributed by atoms with van der Waals surface area (Å²) >= 11 is 4.88. The third kappa shape index (κ3) is 5.94. The van der Waals surface area contributed by atoms with Crippen molar-refractivity contribution in [1.29, 1.82) is 0 Å². The number of hydrogen-bond acceptors (Lipinski definition) is 9. The van der Waals surface area contributed by atoms with Crippen LogP contribution in [0.5, 0.6) is 11.5 Å². The highest BCUT2D eigenvalue weighted by Gasteiger charge is 2.35. The van der Waals surface area contributed by atoms with Crippen LogP contribution in [-0.4, -0.2) is 48.5 Å². The van der Waals surface area contributed by atoms with Crippen LogP contribution in [-0.2, 0) is 14.3 Å². The van der Waals surface area contributed by atoms with E-state index in [1.54, 1.807) is 45.0 Å². The molecule has 10 nitrogen and oxygen atoms in total. The fourth-order valence-electron chi connectivity index (χ4n) is 5.60. The Hall–Kier alpha value is -4.42. The minimum atomic E-state index is -0.836. The highest BCUT2D eigenvalue weighted by Crippen LogP contribution is 2.40. The highest BCUT2D eigenvalue weighted by molar-refractivity contribution is 9.10. The third-order valence-electron chi connectivity index (χ3n) is 7.71. The normalized spacial score (nSPS) is 14.5. The molecule has 0 saturated carbocycles. The molecule has 0 unspecified atom stereocenters. The zero-order valence-electron chi connectivity index (χ0n) is 26.6. The van der Waals surface area contributed by atoms with Crippen LogP contribution in [0.2, 0.25) is 0 Å². The molecule has 0 aliphatic carbocycles. The lowest BCUT2D eigenvalue weighted by molar-refractivity contribution is -0.139. The van der Waals surface area contributed by atoms with Crippen molar-refractivity contribution in [1.82, 2.24) is 9.13 Å². The molecule has 5 rings (SSSR count). The summed E-state index contributed by atoms with van der Waals surface area (Å²) in [4.78, 5) is 44.9. The maximum atomic E-state index is 14.2. The van der Waals surface area contributed by atoms with E-state index in [1.165, 1.54) is 30.1 Å². The van der Waals surface area contributed by atoms with Crippen molar-refractivity contribution >= 4 is 45.3 Å². The molecule has 4 aromatic rings. The van der Waals surface area contributed by atoms with Crippen molar-refractivity contribution in [3.8, 4) is 17.2 Å². The molecular formula is C34H34BrN3O7S. The first kappa shape index (κ1) is 33.0. The number of hydrogen-bond donors (Lipinski definition) is 0. The van der Waals surface area contributed by atoms with Crippen molar-refractivity contribution in [3.05, 3.63) is 106 Å². The molecule has 2 aromatic heterocycles. The monoisotopic (exact) mass is 707 g/mol. The van der Waals surface area contributed by atoms with Crippen molar-refractivity contribution in [2.24, 2.45) is 4.99 Å². The summed E-state index contributed by atoms with van der Waals surface area (Å²) in [5, 5.41) is 0. The quantitative estimate of drug-likeness (QED) is 0.221. The Morgan fingerprint density at radius 1 is 0.957 bits per heavy atom. The summed E-state index contributed by atoms with van der Waals surface area (Å²) in [5.74, 6) is 0.0197. The smallest absolute Gasteiger partial charge is 0.338 e. The maximum Gasteiger partial charge on any atom is 0.338 e. The lowest BCUT2D eigenvalue weighted by Gasteiger charge is -2.26. The molecule has 2 aromatic carbocycles. The van der Waals surface area contributed by atoms with Gasteiger partial charge in [0.2, 0.25) is 0 Å². The van der Waals surface area contributed by atoms with Crippen LogP contribution in [0, 0.1) is 13.8 Å². The van der Waals surface area contributed by atoms with Crippen LogP contribution in [0.3, 0.4) is 0 Å². The first-order valence-corrected chi connectivity index (χ1v) is 16.2. The fourth-order valence-corrected chi connectivity index (χ4v) is 7.18. The molecule has 0 fully saturated rings. The number of allylic oxidation sites excluding steroid dienone is 1. The molecule has 0 N–H and O–H groups in total. The van der Waals surface area contributed by atoms with E-state index in [4.69, 9.17) is 18.9 Å². The minimum absolute atomic E-state index is 0.168. The van der Waals surface area contributed by atoms with Gasteiger partial charge in [0.25, 0.3) is 5.56 Å². The van der Waals surface area contributed by atoms with Gasteiger partial charge in [-0.15, -0.1) is 0 Å². The van der Waals surface area contributed by atoms with Gasteiger partial charge in [-0.2, -0.15) is 0 Å². The second kappa shape index (κ2) is 13.5. The molecule has 240 valence electrons. The number of benzene rings is 2. The topological polar surface area (TPSA) is 110 Å². The number of carbonyl (C=O) groups is 2. The van der Waals surface area contributed by atoms with Crippen LogP contribution in [0.15, 0.2) is 68.0 Å². The number of ether oxygens (including phenoxy) is 4. The Morgan fingerprint density at radius 3 is 2.22 bits per heavy atom. The second-order valence-electron chi connectivity index (χ2n) is 10.5. The van der Waals surface area contributed by atoms with Gasteiger partial charge in [0.05, 0.1) is 54.8 Å². The van der Waals surface area contributed by atoms with Crippen LogP contribution in [0.4, 0.5) is 0 Å². The van der Waals surface area contributed by atoms with E-state index >= 15 is 0 Å². The van der Waals surface area contributed by atoms with Crippen LogP contribution >= 0.6 is 27.3 Å². The van der Waals surface area contributed by atoms with E-state index in [-0.39, 0.29) is 23.7 Å². The summed E-state index contributed by atoms with van der Waals surface area (Å²) in [7, 11) is 3.07. The van der Waals surface area contributed by atoms with Gasteiger partial charge in [0, 0.05) is 21.5 Å². The molecule has 0 radical (unpaired) electrons. The van der Waals surface area contributed by atoms with Crippen LogP contribution < -0.4 is 24.4 Å². The summed E-state index contributed by atoms with van der Waals surface area (Å²) in [6.45, 7) is 9.67. The number of thiazole rings is 1. The average Bonchev–Trinajstić information content (AvgIpc) is 3.49. The molecule has 1 aliphatic heterocycles. The SMILES string of the molecule is CCOC(=O)C1=C(C)N=c2s/c(=C\c3cc(C)n(-c4ccc(C(=O)OCC)cc4)c3C)c(=O)n2[C@H]1c1cc(OC)c(OC)cc1Br. The van der Waals surface area contributed by atoms with Gasteiger partial charge in [0.1, 0.15) is 0 Å². The second-order valence-corrected chi connectivity index (χ2v) is 12.3. The molecule has 46 heavy (non-hydrogen) atoms. The lowest BCUT2D eigenvalue weighted by atomic mass is 9.95. The molecule has 0 bridgehead atoms. The Balaban J connectivity index is 1.66. The number of fused-ring (bicyclic) bond motifs is 1. The number of carbonyl (C=O) groups excluding carboxylic acids is 2. The molecule has 0 spiro atoms. The average molecular weight is 709 g/mol. The molecule has 0 saturated heterocycles. The predicted molar refractivity (Wildman–Crippen MR) is 179 cm³/mol. The predicted octanol–water partition coefficient (Wildman–Crippen LogP) is 5.16.